The van der Waals surface area contributed by atoms with E-state index in [4.69, 9.17) is 0 Å². The quantitative estimate of drug-likeness (QED) is 0.389. The van der Waals surface area contributed by atoms with Gasteiger partial charge in [0.1, 0.15) is 11.9 Å². The van der Waals surface area contributed by atoms with Crippen molar-refractivity contribution in [3.8, 4) is 11.4 Å². The average Bonchev–Trinajstić information content (AvgIpc) is 3.16. The van der Waals surface area contributed by atoms with Crippen LogP contribution in [0.15, 0.2) is 42.0 Å². The molecule has 170 valence electrons. The highest BCUT2D eigenvalue weighted by Gasteiger charge is 2.45. The average molecular weight is 456 g/mol. The van der Waals surface area contributed by atoms with Crippen molar-refractivity contribution in [2.24, 2.45) is 0 Å². The molecular weight excluding hydrogens is 426 g/mol. The molecule has 1 amide bonds. The molecule has 1 saturated carbocycles. The molecule has 4 N–H and O–H groups in total. The molecule has 0 radical (unpaired) electrons. The minimum atomic E-state index is -0.980. The van der Waals surface area contributed by atoms with Gasteiger partial charge >= 0.3 is 0 Å². The van der Waals surface area contributed by atoms with E-state index in [1.165, 1.54) is 11.3 Å². The Balaban J connectivity index is 1.33. The molecule has 4 rings (SSSR count). The Morgan fingerprint density at radius 1 is 1.25 bits per heavy atom. The Morgan fingerprint density at radius 3 is 2.69 bits per heavy atom. The van der Waals surface area contributed by atoms with Crippen LogP contribution in [0.3, 0.4) is 0 Å². The van der Waals surface area contributed by atoms with Gasteiger partial charge < -0.3 is 25.4 Å². The fourth-order valence-electron chi connectivity index (χ4n) is 3.41. The maximum absolute atomic E-state index is 12.4. The van der Waals surface area contributed by atoms with Gasteiger partial charge in [0.15, 0.2) is 5.13 Å². The summed E-state index contributed by atoms with van der Waals surface area (Å²) in [6.45, 7) is 6.33. The molecule has 1 atom stereocenters. The number of nitrogens with zero attached hydrogens (tertiary/aromatic N) is 3. The molecule has 0 aromatic carbocycles. The lowest BCUT2D eigenvalue weighted by Gasteiger charge is -2.20. The van der Waals surface area contributed by atoms with Gasteiger partial charge in [0.05, 0.1) is 24.4 Å². The highest BCUT2D eigenvalue weighted by Crippen LogP contribution is 2.47. The summed E-state index contributed by atoms with van der Waals surface area (Å²) < 4.78 is 1.97. The molecule has 0 aliphatic heterocycles. The van der Waals surface area contributed by atoms with Gasteiger partial charge in [-0.25, -0.2) is 4.98 Å². The van der Waals surface area contributed by atoms with Crippen molar-refractivity contribution in [3.05, 3.63) is 53.3 Å². The first-order chi connectivity index (χ1) is 15.2. The Morgan fingerprint density at radius 2 is 2.03 bits per heavy atom. The van der Waals surface area contributed by atoms with Crippen LogP contribution in [0.1, 0.15) is 49.7 Å². The summed E-state index contributed by atoms with van der Waals surface area (Å²) in [5.74, 6) is -0.243. The lowest BCUT2D eigenvalue weighted by molar-refractivity contribution is 0.0927. The summed E-state index contributed by atoms with van der Waals surface area (Å²) in [4.78, 5) is 21.6. The lowest BCUT2D eigenvalue weighted by Crippen LogP contribution is -2.36. The summed E-state index contributed by atoms with van der Waals surface area (Å²) in [7, 11) is 0. The first-order valence-corrected chi connectivity index (χ1v) is 11.5. The molecule has 1 aliphatic carbocycles. The first-order valence-electron chi connectivity index (χ1n) is 10.7. The molecule has 1 aliphatic rings. The summed E-state index contributed by atoms with van der Waals surface area (Å²) >= 11 is 1.36. The number of pyridine rings is 1. The van der Waals surface area contributed by atoms with Crippen LogP contribution < -0.4 is 10.6 Å². The monoisotopic (exact) mass is 455 g/mol. The van der Waals surface area contributed by atoms with Crippen molar-refractivity contribution < 1.29 is 15.0 Å². The Hall–Kier alpha value is -2.75. The molecule has 8 nitrogen and oxygen atoms in total. The standard InChI is InChI=1S/C23H29N5O3S/c1-22(2,3)28-10-7-15(12-28)20(31)24-11-19(30)27-21-26-17(13-32-21)16-5-4-6-18(25-16)23(14-29)8-9-23/h4-7,10,12-13,19,29-30H,8-9,11,14H2,1-3H3,(H,24,31)(H,26,27). The van der Waals surface area contributed by atoms with Crippen LogP contribution in [0.4, 0.5) is 5.13 Å². The van der Waals surface area contributed by atoms with Crippen LogP contribution in [0, 0.1) is 0 Å². The van der Waals surface area contributed by atoms with Crippen LogP contribution in [0.5, 0.6) is 0 Å². The predicted molar refractivity (Wildman–Crippen MR) is 125 cm³/mol. The summed E-state index contributed by atoms with van der Waals surface area (Å²) in [6, 6.07) is 7.52. The number of hydrogen-bond acceptors (Lipinski definition) is 7. The number of nitrogens with one attached hydrogen (secondary N) is 2. The van der Waals surface area contributed by atoms with E-state index in [1.807, 2.05) is 34.3 Å². The molecule has 3 heterocycles. The molecule has 9 heteroatoms. The molecule has 1 fully saturated rings. The number of amides is 1. The van der Waals surface area contributed by atoms with Gasteiger partial charge in [-0.3, -0.25) is 9.78 Å². The van der Waals surface area contributed by atoms with Crippen molar-refractivity contribution in [2.75, 3.05) is 18.5 Å². The number of carbonyl (C=O) groups is 1. The fourth-order valence-corrected chi connectivity index (χ4v) is 4.16. The molecule has 1 unspecified atom stereocenters. The zero-order valence-corrected chi connectivity index (χ0v) is 19.3. The van der Waals surface area contributed by atoms with Gasteiger partial charge in [0.25, 0.3) is 5.91 Å². The van der Waals surface area contributed by atoms with Crippen molar-refractivity contribution in [3.63, 3.8) is 0 Å². The number of hydrogen-bond donors (Lipinski definition) is 4. The number of aliphatic hydroxyl groups is 2. The molecule has 3 aromatic rings. The van der Waals surface area contributed by atoms with Crippen molar-refractivity contribution in [1.82, 2.24) is 19.9 Å². The minimum absolute atomic E-state index is 0.0429. The molecule has 32 heavy (non-hydrogen) atoms. The Kier molecular flexibility index (Phi) is 6.07. The SMILES string of the molecule is CC(C)(C)n1ccc(C(=O)NCC(O)Nc2nc(-c3cccc(C4(CO)CC4)n3)cs2)c1. The van der Waals surface area contributed by atoms with Gasteiger partial charge in [-0.1, -0.05) is 6.07 Å². The second kappa shape index (κ2) is 8.65. The van der Waals surface area contributed by atoms with Gasteiger partial charge in [-0.05, 0) is 51.8 Å². The van der Waals surface area contributed by atoms with E-state index in [1.54, 1.807) is 12.3 Å². The summed E-state index contributed by atoms with van der Waals surface area (Å²) in [5.41, 5.74) is 2.57. The van der Waals surface area contributed by atoms with E-state index in [2.05, 4.69) is 41.4 Å². The molecule has 3 aromatic heterocycles. The third-order valence-corrected chi connectivity index (χ3v) is 6.46. The normalized spacial score (nSPS) is 15.9. The van der Waals surface area contributed by atoms with E-state index >= 15 is 0 Å². The molecule has 0 spiro atoms. The third kappa shape index (κ3) is 4.85. The van der Waals surface area contributed by atoms with Crippen LogP contribution in [-0.2, 0) is 11.0 Å². The zero-order chi connectivity index (χ0) is 22.9. The maximum atomic E-state index is 12.4. The van der Waals surface area contributed by atoms with Gasteiger partial charge in [0, 0.05) is 34.4 Å². The second-order valence-corrected chi connectivity index (χ2v) is 10.1. The maximum Gasteiger partial charge on any atom is 0.252 e. The third-order valence-electron chi connectivity index (χ3n) is 5.69. The Bertz CT molecular complexity index is 1100. The van der Waals surface area contributed by atoms with E-state index < -0.39 is 6.23 Å². The highest BCUT2D eigenvalue weighted by atomic mass is 32.1. The number of anilines is 1. The molecule has 0 saturated heterocycles. The van der Waals surface area contributed by atoms with Crippen molar-refractivity contribution in [2.45, 2.75) is 50.8 Å². The number of rotatable bonds is 8. The topological polar surface area (TPSA) is 112 Å². The Labute approximate surface area is 191 Å². The molecular formula is C23H29N5O3S. The number of thiazole rings is 1. The van der Waals surface area contributed by atoms with Crippen LogP contribution >= 0.6 is 11.3 Å². The van der Waals surface area contributed by atoms with E-state index in [0.29, 0.717) is 16.4 Å². The summed E-state index contributed by atoms with van der Waals surface area (Å²) in [5, 5.41) is 28.0. The van der Waals surface area contributed by atoms with E-state index in [0.717, 1.165) is 24.2 Å². The van der Waals surface area contributed by atoms with Crippen molar-refractivity contribution in [1.29, 1.82) is 0 Å². The van der Waals surface area contributed by atoms with Crippen LogP contribution in [0.2, 0.25) is 0 Å². The van der Waals surface area contributed by atoms with Crippen molar-refractivity contribution >= 4 is 22.4 Å². The van der Waals surface area contributed by atoms with E-state index in [-0.39, 0.29) is 30.0 Å². The van der Waals surface area contributed by atoms with Crippen LogP contribution in [-0.4, -0.2) is 50.0 Å². The van der Waals surface area contributed by atoms with Gasteiger partial charge in [0.2, 0.25) is 0 Å². The smallest absolute Gasteiger partial charge is 0.252 e. The lowest BCUT2D eigenvalue weighted by atomic mass is 10.0. The fraction of sp³-hybridized carbons (Fsp3) is 0.435. The van der Waals surface area contributed by atoms with E-state index in [9.17, 15) is 15.0 Å². The molecule has 0 bridgehead atoms. The minimum Gasteiger partial charge on any atom is -0.395 e. The number of aliphatic hydroxyl groups excluding tert-OH is 2. The largest absolute Gasteiger partial charge is 0.395 e. The first kappa shape index (κ1) is 22.4. The summed E-state index contributed by atoms with van der Waals surface area (Å²) in [6.07, 6.45) is 4.58. The second-order valence-electron chi connectivity index (χ2n) is 9.23. The predicted octanol–water partition coefficient (Wildman–Crippen LogP) is 2.95. The zero-order valence-electron chi connectivity index (χ0n) is 18.5. The van der Waals surface area contributed by atoms with Gasteiger partial charge in [-0.2, -0.15) is 0 Å². The number of aromatic nitrogens is 3. The number of carbonyl (C=O) groups excluding carboxylic acids is 1. The van der Waals surface area contributed by atoms with Crippen LogP contribution in [0.25, 0.3) is 11.4 Å². The van der Waals surface area contributed by atoms with Gasteiger partial charge in [-0.15, -0.1) is 11.3 Å². The highest BCUT2D eigenvalue weighted by molar-refractivity contribution is 7.14.